The van der Waals surface area contributed by atoms with Crippen LogP contribution in [0.25, 0.3) is 11.1 Å². The van der Waals surface area contributed by atoms with Gasteiger partial charge >= 0.3 is 6.95 Å². The summed E-state index contributed by atoms with van der Waals surface area (Å²) in [5.41, 5.74) is 6.15. The van der Waals surface area contributed by atoms with Crippen LogP contribution in [-0.4, -0.2) is 4.89 Å². The minimum Gasteiger partial charge on any atom is -0.413 e. The maximum atomic E-state index is 11.6. The van der Waals surface area contributed by atoms with Gasteiger partial charge in [0, 0.05) is 11.2 Å². The van der Waals surface area contributed by atoms with Crippen LogP contribution in [0.3, 0.4) is 0 Å². The molecule has 5 heteroatoms. The molecule has 3 nitrogen and oxygen atoms in total. The predicted molar refractivity (Wildman–Crippen MR) is 115 cm³/mol. The van der Waals surface area contributed by atoms with Crippen LogP contribution in [0, 0.1) is 13.8 Å². The van der Waals surface area contributed by atoms with Crippen molar-refractivity contribution >= 4 is 18.2 Å². The average Bonchev–Trinajstić information content (AvgIpc) is 2.48. The minimum atomic E-state index is -4.16. The van der Waals surface area contributed by atoms with Crippen molar-refractivity contribution in [3.8, 4) is 16.9 Å². The van der Waals surface area contributed by atoms with Crippen LogP contribution in [0.5, 0.6) is 5.75 Å². The smallest absolute Gasteiger partial charge is 0.413 e. The van der Waals surface area contributed by atoms with Gasteiger partial charge in [-0.1, -0.05) is 71.9 Å². The first kappa shape index (κ1) is 22.0. The molecule has 148 valence electrons. The fourth-order valence-corrected chi connectivity index (χ4v) is 3.95. The van der Waals surface area contributed by atoms with Crippen molar-refractivity contribution in [2.45, 2.75) is 66.2 Å². The van der Waals surface area contributed by atoms with Gasteiger partial charge in [0.1, 0.15) is 5.75 Å². The van der Waals surface area contributed by atoms with Crippen LogP contribution in [-0.2, 0) is 15.4 Å². The lowest BCUT2D eigenvalue weighted by atomic mass is 9.76. The Kier molecular flexibility index (Phi) is 5.93. The summed E-state index contributed by atoms with van der Waals surface area (Å²) in [6.45, 7) is 12.8. The molecule has 0 aliphatic heterocycles. The molecule has 2 aromatic carbocycles. The Labute approximate surface area is 168 Å². The summed E-state index contributed by atoms with van der Waals surface area (Å²) < 4.78 is 16.8. The molecule has 0 bridgehead atoms. The third-order valence-corrected chi connectivity index (χ3v) is 5.41. The van der Waals surface area contributed by atoms with Crippen LogP contribution in [0.15, 0.2) is 30.3 Å². The fraction of sp³-hybridized carbons (Fsp3) is 0.455. The quantitative estimate of drug-likeness (QED) is 0.542. The maximum absolute atomic E-state index is 11.6. The second-order valence-electron chi connectivity index (χ2n) is 9.19. The van der Waals surface area contributed by atoms with Gasteiger partial charge in [0.25, 0.3) is 0 Å². The lowest BCUT2D eigenvalue weighted by Crippen LogP contribution is -2.17. The lowest BCUT2D eigenvalue weighted by Gasteiger charge is -2.28. The first-order valence-corrected chi connectivity index (χ1v) is 11.6. The zero-order chi connectivity index (χ0) is 20.8. The van der Waals surface area contributed by atoms with E-state index in [1.54, 1.807) is 0 Å². The van der Waals surface area contributed by atoms with Gasteiger partial charge in [-0.25, -0.2) is 4.57 Å². The molecule has 0 amide bonds. The van der Waals surface area contributed by atoms with Gasteiger partial charge in [0.2, 0.25) is 0 Å². The van der Waals surface area contributed by atoms with Gasteiger partial charge in [-0.2, -0.15) is 0 Å². The molecular weight excluding hydrogens is 379 g/mol. The van der Waals surface area contributed by atoms with E-state index in [2.05, 4.69) is 59.7 Å². The van der Waals surface area contributed by atoms with E-state index in [1.807, 2.05) is 26.0 Å². The SMILES string of the molecule is Cc1ccc(-c2ccc(C(C)(C)C)cc2C(C)(C)C)c(C)c1OP(=O)(O)Cl. The second kappa shape index (κ2) is 7.28. The molecular formula is C22H30ClO3P. The molecule has 0 saturated heterocycles. The normalized spacial score (nSPS) is 14.7. The van der Waals surface area contributed by atoms with E-state index in [4.69, 9.17) is 15.8 Å². The molecule has 1 unspecified atom stereocenters. The number of halogens is 1. The summed E-state index contributed by atoms with van der Waals surface area (Å²) in [5.74, 6) is 0.369. The van der Waals surface area contributed by atoms with Crippen LogP contribution in [0.2, 0.25) is 0 Å². The molecule has 0 aliphatic rings. The standard InChI is InChI=1S/C22H30ClO3P/c1-14-9-11-17(15(2)20(14)26-27(23,24)25)18-12-10-16(21(3,4)5)13-19(18)22(6,7)8/h9-13H,1-8H3,(H,24,25). The monoisotopic (exact) mass is 408 g/mol. The number of aryl methyl sites for hydroxylation is 1. The molecule has 1 N–H and O–H groups in total. The zero-order valence-electron chi connectivity index (χ0n) is 17.5. The second-order valence-corrected chi connectivity index (χ2v) is 11.6. The molecule has 1 atom stereocenters. The Bertz CT molecular complexity index is 899. The number of benzene rings is 2. The first-order valence-electron chi connectivity index (χ1n) is 9.09. The topological polar surface area (TPSA) is 46.5 Å². The molecule has 0 spiro atoms. The molecule has 0 fully saturated rings. The van der Waals surface area contributed by atoms with E-state index >= 15 is 0 Å². The number of rotatable bonds is 3. The largest absolute Gasteiger partial charge is 0.474 e. The van der Waals surface area contributed by atoms with Crippen molar-refractivity contribution in [2.24, 2.45) is 0 Å². The summed E-state index contributed by atoms with van der Waals surface area (Å²) >= 11 is 5.47. The summed E-state index contributed by atoms with van der Waals surface area (Å²) in [6.07, 6.45) is 0. The van der Waals surface area contributed by atoms with Gasteiger partial charge in [0.05, 0.1) is 0 Å². The summed E-state index contributed by atoms with van der Waals surface area (Å²) in [6, 6.07) is 10.5. The third kappa shape index (κ3) is 5.16. The minimum absolute atomic E-state index is 0.0529. The predicted octanol–water partition coefficient (Wildman–Crippen LogP) is 7.28. The highest BCUT2D eigenvalue weighted by molar-refractivity contribution is 7.80. The van der Waals surface area contributed by atoms with Crippen molar-refractivity contribution in [2.75, 3.05) is 0 Å². The van der Waals surface area contributed by atoms with Crippen LogP contribution in [0.1, 0.15) is 63.8 Å². The number of hydrogen-bond donors (Lipinski definition) is 1. The van der Waals surface area contributed by atoms with Gasteiger partial charge in [0.15, 0.2) is 0 Å². The molecule has 0 saturated carbocycles. The average molecular weight is 409 g/mol. The molecule has 0 heterocycles. The first-order chi connectivity index (χ1) is 12.1. The molecule has 2 rings (SSSR count). The van der Waals surface area contributed by atoms with E-state index in [9.17, 15) is 9.46 Å². The van der Waals surface area contributed by atoms with E-state index in [0.717, 1.165) is 22.3 Å². The molecule has 0 aromatic heterocycles. The van der Waals surface area contributed by atoms with Gasteiger partial charge in [-0.15, -0.1) is 0 Å². The maximum Gasteiger partial charge on any atom is 0.474 e. The van der Waals surface area contributed by atoms with Crippen molar-refractivity contribution in [3.63, 3.8) is 0 Å². The summed E-state index contributed by atoms with van der Waals surface area (Å²) in [7, 11) is 0. The Morgan fingerprint density at radius 2 is 1.48 bits per heavy atom. The van der Waals surface area contributed by atoms with Crippen molar-refractivity contribution in [3.05, 3.63) is 52.6 Å². The number of hydrogen-bond acceptors (Lipinski definition) is 2. The molecule has 27 heavy (non-hydrogen) atoms. The van der Waals surface area contributed by atoms with E-state index < -0.39 is 6.95 Å². The van der Waals surface area contributed by atoms with Gasteiger partial charge < -0.3 is 9.42 Å². The Balaban J connectivity index is 2.75. The van der Waals surface area contributed by atoms with Crippen molar-refractivity contribution < 1.29 is 14.0 Å². The molecule has 2 aromatic rings. The lowest BCUT2D eigenvalue weighted by molar-refractivity contribution is 0.398. The van der Waals surface area contributed by atoms with Gasteiger partial charge in [-0.05, 0) is 58.1 Å². The van der Waals surface area contributed by atoms with E-state index in [1.165, 1.54) is 11.1 Å². The molecule has 0 radical (unpaired) electrons. The Hall–Kier alpha value is -1.28. The van der Waals surface area contributed by atoms with E-state index in [0.29, 0.717) is 5.75 Å². The van der Waals surface area contributed by atoms with Crippen LogP contribution >= 0.6 is 18.2 Å². The summed E-state index contributed by atoms with van der Waals surface area (Å²) in [5, 5.41) is 0. The highest BCUT2D eigenvalue weighted by Crippen LogP contribution is 2.50. The van der Waals surface area contributed by atoms with Crippen LogP contribution < -0.4 is 4.52 Å². The van der Waals surface area contributed by atoms with E-state index in [-0.39, 0.29) is 10.8 Å². The van der Waals surface area contributed by atoms with Crippen LogP contribution in [0.4, 0.5) is 0 Å². The van der Waals surface area contributed by atoms with Crippen molar-refractivity contribution in [1.82, 2.24) is 0 Å². The highest BCUT2D eigenvalue weighted by Gasteiger charge is 2.25. The molecule has 0 aliphatic carbocycles. The third-order valence-electron chi connectivity index (χ3n) is 4.79. The fourth-order valence-electron chi connectivity index (χ4n) is 3.24. The summed E-state index contributed by atoms with van der Waals surface area (Å²) in [4.78, 5) is 9.49. The Morgan fingerprint density at radius 3 is 1.96 bits per heavy atom. The Morgan fingerprint density at radius 1 is 0.926 bits per heavy atom. The van der Waals surface area contributed by atoms with Gasteiger partial charge in [-0.3, -0.25) is 0 Å². The van der Waals surface area contributed by atoms with Crippen molar-refractivity contribution in [1.29, 1.82) is 0 Å². The highest BCUT2D eigenvalue weighted by atomic mass is 35.7. The zero-order valence-corrected chi connectivity index (χ0v) is 19.1.